The molecule has 0 spiro atoms. The van der Waals surface area contributed by atoms with Crippen molar-refractivity contribution < 1.29 is 38.0 Å². The van der Waals surface area contributed by atoms with E-state index in [2.05, 4.69) is 4.98 Å². The molecule has 2 aliphatic rings. The quantitative estimate of drug-likeness (QED) is 0.393. The molecule has 0 aliphatic carbocycles. The Kier molecular flexibility index (Phi) is 6.30. The highest BCUT2D eigenvalue weighted by Gasteiger charge is 2.56. The van der Waals surface area contributed by atoms with Crippen molar-refractivity contribution in [1.82, 2.24) is 19.4 Å². The number of amides is 1. The number of halogens is 3. The summed E-state index contributed by atoms with van der Waals surface area (Å²) in [6.45, 7) is 0.0642. The number of nitrogens with one attached hydrogen (secondary N) is 1. The SMILES string of the molecule is Cc1cn([C@@H]2O[C@@](CO)(CN3CCN(C(=O)C(F)(F)F)CC3)[C@H](O)[C@H]2O)c(=O)[nH]c1=O. The second kappa shape index (κ2) is 8.35. The lowest BCUT2D eigenvalue weighted by atomic mass is 9.95. The van der Waals surface area contributed by atoms with Gasteiger partial charge in [-0.2, -0.15) is 13.2 Å². The van der Waals surface area contributed by atoms with Crippen molar-refractivity contribution in [3.8, 4) is 0 Å². The molecule has 2 fully saturated rings. The first-order valence-corrected chi connectivity index (χ1v) is 9.45. The van der Waals surface area contributed by atoms with E-state index < -0.39 is 54.0 Å². The van der Waals surface area contributed by atoms with Crippen molar-refractivity contribution in [2.24, 2.45) is 0 Å². The third kappa shape index (κ3) is 4.39. The van der Waals surface area contributed by atoms with Crippen LogP contribution in [0.15, 0.2) is 15.8 Å². The number of H-pyrrole nitrogens is 1. The van der Waals surface area contributed by atoms with Gasteiger partial charge in [0.25, 0.3) is 5.56 Å². The summed E-state index contributed by atoms with van der Waals surface area (Å²) >= 11 is 0. The number of aliphatic hydroxyl groups is 3. The average molecular weight is 452 g/mol. The predicted molar refractivity (Wildman–Crippen MR) is 97.1 cm³/mol. The first-order valence-electron chi connectivity index (χ1n) is 9.45. The van der Waals surface area contributed by atoms with Gasteiger partial charge in [-0.1, -0.05) is 0 Å². The number of aliphatic hydroxyl groups excluding tert-OH is 3. The minimum Gasteiger partial charge on any atom is -0.393 e. The normalized spacial score (nSPS) is 30.0. The molecule has 0 bridgehead atoms. The molecule has 31 heavy (non-hydrogen) atoms. The highest BCUT2D eigenvalue weighted by atomic mass is 19.4. The summed E-state index contributed by atoms with van der Waals surface area (Å²) in [5.74, 6) is -1.94. The van der Waals surface area contributed by atoms with E-state index in [1.807, 2.05) is 0 Å². The van der Waals surface area contributed by atoms with Gasteiger partial charge in [-0.15, -0.1) is 0 Å². The number of piperazine rings is 1. The lowest BCUT2D eigenvalue weighted by molar-refractivity contribution is -0.188. The molecule has 4 atom stereocenters. The van der Waals surface area contributed by atoms with Crippen LogP contribution in [0.25, 0.3) is 0 Å². The molecule has 174 valence electrons. The van der Waals surface area contributed by atoms with Crippen molar-refractivity contribution in [1.29, 1.82) is 0 Å². The van der Waals surface area contributed by atoms with Gasteiger partial charge in [0.1, 0.15) is 17.8 Å². The minimum absolute atomic E-state index is 0.0120. The minimum atomic E-state index is -4.97. The van der Waals surface area contributed by atoms with E-state index in [4.69, 9.17) is 4.74 Å². The number of hydrogen-bond donors (Lipinski definition) is 4. The molecule has 0 saturated carbocycles. The molecular weight excluding hydrogens is 429 g/mol. The van der Waals surface area contributed by atoms with Crippen LogP contribution >= 0.6 is 0 Å². The van der Waals surface area contributed by atoms with Crippen LogP contribution in [0.2, 0.25) is 0 Å². The lowest BCUT2D eigenvalue weighted by Crippen LogP contribution is -2.59. The Morgan fingerprint density at radius 3 is 2.42 bits per heavy atom. The van der Waals surface area contributed by atoms with Gasteiger partial charge in [0.15, 0.2) is 6.23 Å². The third-order valence-electron chi connectivity index (χ3n) is 5.59. The van der Waals surface area contributed by atoms with E-state index in [0.717, 1.165) is 10.8 Å². The zero-order valence-corrected chi connectivity index (χ0v) is 16.5. The van der Waals surface area contributed by atoms with E-state index >= 15 is 0 Å². The fourth-order valence-corrected chi connectivity index (χ4v) is 3.82. The van der Waals surface area contributed by atoms with Crippen LogP contribution in [-0.4, -0.2) is 104 Å². The van der Waals surface area contributed by atoms with Crippen LogP contribution in [0.5, 0.6) is 0 Å². The first-order chi connectivity index (χ1) is 14.4. The van der Waals surface area contributed by atoms with Crippen molar-refractivity contribution in [2.75, 3.05) is 39.3 Å². The zero-order chi connectivity index (χ0) is 23.1. The Balaban J connectivity index is 1.75. The maximum Gasteiger partial charge on any atom is 0.471 e. The Morgan fingerprint density at radius 1 is 1.26 bits per heavy atom. The number of alkyl halides is 3. The first kappa shape index (κ1) is 23.4. The molecule has 4 N–H and O–H groups in total. The maximum atomic E-state index is 12.6. The summed E-state index contributed by atoms with van der Waals surface area (Å²) in [4.78, 5) is 39.3. The van der Waals surface area contributed by atoms with Crippen molar-refractivity contribution in [3.63, 3.8) is 0 Å². The molecule has 1 aromatic heterocycles. The fraction of sp³-hybridized carbons (Fsp3) is 0.706. The molecule has 1 aromatic rings. The van der Waals surface area contributed by atoms with E-state index in [-0.39, 0.29) is 38.3 Å². The van der Waals surface area contributed by atoms with E-state index in [1.54, 1.807) is 4.90 Å². The van der Waals surface area contributed by atoms with Gasteiger partial charge in [0, 0.05) is 44.5 Å². The van der Waals surface area contributed by atoms with Gasteiger partial charge in [-0.3, -0.25) is 24.0 Å². The van der Waals surface area contributed by atoms with E-state index in [1.165, 1.54) is 6.92 Å². The van der Waals surface area contributed by atoms with Crippen LogP contribution in [0, 0.1) is 6.92 Å². The zero-order valence-electron chi connectivity index (χ0n) is 16.5. The van der Waals surface area contributed by atoms with E-state index in [9.17, 15) is 42.9 Å². The Morgan fingerprint density at radius 2 is 1.87 bits per heavy atom. The molecule has 3 heterocycles. The number of rotatable bonds is 4. The second-order valence-electron chi connectivity index (χ2n) is 7.71. The number of carbonyl (C=O) groups excluding carboxylic acids is 1. The number of aromatic nitrogens is 2. The van der Waals surface area contributed by atoms with Gasteiger partial charge in [0.05, 0.1) is 6.61 Å². The summed E-state index contributed by atoms with van der Waals surface area (Å²) in [5, 5.41) is 31.0. The molecule has 2 saturated heterocycles. The Labute approximate surface area is 173 Å². The van der Waals surface area contributed by atoms with Crippen LogP contribution in [0.1, 0.15) is 11.8 Å². The lowest BCUT2D eigenvalue weighted by Gasteiger charge is -2.40. The third-order valence-corrected chi connectivity index (χ3v) is 5.59. The smallest absolute Gasteiger partial charge is 0.393 e. The summed E-state index contributed by atoms with van der Waals surface area (Å²) in [5.41, 5.74) is -3.12. The molecule has 1 amide bonds. The summed E-state index contributed by atoms with van der Waals surface area (Å²) in [7, 11) is 0. The number of aryl methyl sites for hydroxylation is 1. The highest BCUT2D eigenvalue weighted by Crippen LogP contribution is 2.37. The van der Waals surface area contributed by atoms with Gasteiger partial charge >= 0.3 is 17.8 Å². The molecule has 3 rings (SSSR count). The van der Waals surface area contributed by atoms with Crippen LogP contribution in [0.4, 0.5) is 13.2 Å². The van der Waals surface area contributed by atoms with Crippen molar-refractivity contribution in [3.05, 3.63) is 32.6 Å². The van der Waals surface area contributed by atoms with Crippen LogP contribution in [-0.2, 0) is 9.53 Å². The molecule has 0 aromatic carbocycles. The fourth-order valence-electron chi connectivity index (χ4n) is 3.82. The molecular formula is C17H23F3N4O7. The largest absolute Gasteiger partial charge is 0.471 e. The molecule has 14 heteroatoms. The molecule has 0 radical (unpaired) electrons. The number of aromatic amines is 1. The molecule has 0 unspecified atom stereocenters. The van der Waals surface area contributed by atoms with Gasteiger partial charge in [-0.05, 0) is 6.92 Å². The van der Waals surface area contributed by atoms with Gasteiger partial charge < -0.3 is 25.0 Å². The van der Waals surface area contributed by atoms with Crippen LogP contribution < -0.4 is 11.2 Å². The standard InChI is InChI=1S/C17H23F3N4O7/c1-9-6-24(15(30)21-12(9)28)13-10(26)11(27)16(8-25,31-13)7-22-2-4-23(5-3-22)14(29)17(18,19)20/h6,10-11,13,25-27H,2-5,7-8H2,1H3,(H,21,28,30)/t10-,11-,13-,16-/m1/s1. The second-order valence-corrected chi connectivity index (χ2v) is 7.71. The van der Waals surface area contributed by atoms with E-state index in [0.29, 0.717) is 4.90 Å². The summed E-state index contributed by atoms with van der Waals surface area (Å²) in [6, 6.07) is 0. The predicted octanol–water partition coefficient (Wildman–Crippen LogP) is -2.47. The summed E-state index contributed by atoms with van der Waals surface area (Å²) < 4.78 is 44.4. The van der Waals surface area contributed by atoms with Crippen molar-refractivity contribution >= 4 is 5.91 Å². The van der Waals surface area contributed by atoms with Gasteiger partial charge in [0.2, 0.25) is 0 Å². The van der Waals surface area contributed by atoms with Crippen LogP contribution in [0.3, 0.4) is 0 Å². The number of nitrogens with zero attached hydrogens (tertiary/aromatic N) is 3. The number of ether oxygens (including phenoxy) is 1. The number of hydrogen-bond acceptors (Lipinski definition) is 8. The topological polar surface area (TPSA) is 148 Å². The Hall–Kier alpha value is -2.26. The monoisotopic (exact) mass is 452 g/mol. The molecule has 11 nitrogen and oxygen atoms in total. The Bertz CT molecular complexity index is 941. The highest BCUT2D eigenvalue weighted by molar-refractivity contribution is 5.81. The summed E-state index contributed by atoms with van der Waals surface area (Å²) in [6.07, 6.45) is -8.52. The number of carbonyl (C=O) groups is 1. The average Bonchev–Trinajstić information content (AvgIpc) is 2.95. The molecule has 2 aliphatic heterocycles. The maximum absolute atomic E-state index is 12.6. The van der Waals surface area contributed by atoms with Crippen molar-refractivity contribution in [2.45, 2.75) is 37.1 Å². The van der Waals surface area contributed by atoms with Gasteiger partial charge in [-0.25, -0.2) is 4.79 Å².